The third-order valence-corrected chi connectivity index (χ3v) is 2.82. The molecule has 0 aromatic heterocycles. The van der Waals surface area contributed by atoms with Crippen molar-refractivity contribution in [2.75, 3.05) is 5.88 Å². The van der Waals surface area contributed by atoms with Crippen LogP contribution >= 0.6 is 11.6 Å². The Balaban J connectivity index is 2.64. The molecule has 1 rings (SSSR count). The van der Waals surface area contributed by atoms with Crippen LogP contribution in [0.1, 0.15) is 49.5 Å². The van der Waals surface area contributed by atoms with Crippen LogP contribution in [0.4, 0.5) is 0 Å². The second-order valence-corrected chi connectivity index (χ2v) is 6.03. The summed E-state index contributed by atoms with van der Waals surface area (Å²) >= 11 is 5.58. The highest BCUT2D eigenvalue weighted by atomic mass is 35.5. The molecule has 0 saturated carbocycles. The van der Waals surface area contributed by atoms with E-state index >= 15 is 0 Å². The monoisotopic (exact) mass is 252 g/mol. The molecule has 0 N–H and O–H groups in total. The number of halogens is 1. The Kier molecular flexibility index (Phi) is 5.20. The molecule has 2 heteroatoms. The second-order valence-electron chi connectivity index (χ2n) is 5.65. The number of ketones is 1. The fraction of sp³-hybridized carbons (Fsp3) is 0.533. The first-order chi connectivity index (χ1) is 7.92. The van der Waals surface area contributed by atoms with Gasteiger partial charge in [0.25, 0.3) is 0 Å². The van der Waals surface area contributed by atoms with Gasteiger partial charge in [-0.3, -0.25) is 4.79 Å². The average molecular weight is 253 g/mol. The van der Waals surface area contributed by atoms with Crippen LogP contribution in [0.3, 0.4) is 0 Å². The van der Waals surface area contributed by atoms with E-state index < -0.39 is 0 Å². The highest BCUT2D eigenvalue weighted by Gasteiger charge is 2.11. The van der Waals surface area contributed by atoms with E-state index in [2.05, 4.69) is 32.9 Å². The molecule has 0 unspecified atom stereocenters. The Morgan fingerprint density at radius 3 is 2.24 bits per heavy atom. The molecule has 1 nitrogen and oxygen atoms in total. The van der Waals surface area contributed by atoms with Crippen LogP contribution in [0.15, 0.2) is 24.3 Å². The largest absolute Gasteiger partial charge is 0.294 e. The van der Waals surface area contributed by atoms with Crippen molar-refractivity contribution in [3.63, 3.8) is 0 Å². The Bertz CT molecular complexity index is 360. The van der Waals surface area contributed by atoms with E-state index in [9.17, 15) is 4.79 Å². The van der Waals surface area contributed by atoms with Crippen molar-refractivity contribution in [2.24, 2.45) is 5.41 Å². The van der Waals surface area contributed by atoms with Crippen LogP contribution in [0, 0.1) is 5.41 Å². The van der Waals surface area contributed by atoms with Gasteiger partial charge in [0.2, 0.25) is 0 Å². The van der Waals surface area contributed by atoms with Gasteiger partial charge in [-0.25, -0.2) is 0 Å². The van der Waals surface area contributed by atoms with Crippen molar-refractivity contribution in [1.82, 2.24) is 0 Å². The Morgan fingerprint density at radius 1 is 1.18 bits per heavy atom. The lowest BCUT2D eigenvalue weighted by Crippen LogP contribution is -2.09. The van der Waals surface area contributed by atoms with E-state index in [4.69, 9.17) is 11.6 Å². The highest BCUT2D eigenvalue weighted by molar-refractivity contribution is 6.18. The molecule has 0 heterocycles. The summed E-state index contributed by atoms with van der Waals surface area (Å²) in [7, 11) is 0. The van der Waals surface area contributed by atoms with Crippen LogP contribution < -0.4 is 0 Å². The molecule has 0 aliphatic rings. The lowest BCUT2D eigenvalue weighted by molar-refractivity contribution is 0.0982. The fourth-order valence-electron chi connectivity index (χ4n) is 1.79. The lowest BCUT2D eigenvalue weighted by Gasteiger charge is -2.18. The van der Waals surface area contributed by atoms with Crippen LogP contribution in [0.25, 0.3) is 0 Å². The van der Waals surface area contributed by atoms with Crippen molar-refractivity contribution in [2.45, 2.75) is 40.0 Å². The van der Waals surface area contributed by atoms with Crippen molar-refractivity contribution in [3.05, 3.63) is 35.4 Å². The molecule has 0 fully saturated rings. The summed E-state index contributed by atoms with van der Waals surface area (Å²) in [6, 6.07) is 7.97. The molecule has 0 spiro atoms. The van der Waals surface area contributed by atoms with Crippen LogP contribution in [-0.2, 0) is 6.42 Å². The maximum Gasteiger partial charge on any atom is 0.162 e. The number of benzene rings is 1. The van der Waals surface area contributed by atoms with Crippen LogP contribution in [0.5, 0.6) is 0 Å². The van der Waals surface area contributed by atoms with Crippen molar-refractivity contribution in [3.8, 4) is 0 Å². The summed E-state index contributed by atoms with van der Waals surface area (Å²) in [6.07, 6.45) is 2.33. The maximum atomic E-state index is 11.7. The average Bonchev–Trinajstić information content (AvgIpc) is 2.24. The summed E-state index contributed by atoms with van der Waals surface area (Å²) < 4.78 is 0. The first kappa shape index (κ1) is 14.2. The molecular weight excluding hydrogens is 232 g/mol. The zero-order valence-electron chi connectivity index (χ0n) is 10.9. The zero-order chi connectivity index (χ0) is 12.9. The number of rotatable bonds is 5. The molecule has 0 radical (unpaired) electrons. The normalized spacial score (nSPS) is 11.5. The molecule has 1 aromatic carbocycles. The number of Topliss-reactive ketones (excluding diaryl/α,β-unsaturated/α-hetero) is 1. The number of hydrogen-bond acceptors (Lipinski definition) is 1. The van der Waals surface area contributed by atoms with E-state index in [0.717, 1.165) is 18.4 Å². The van der Waals surface area contributed by atoms with E-state index in [0.29, 0.717) is 12.3 Å². The SMILES string of the molecule is CC(C)(C)Cc1ccc(C(=O)CCCCl)cc1. The van der Waals surface area contributed by atoms with Gasteiger partial charge in [0, 0.05) is 17.9 Å². The molecule has 0 atom stereocenters. The first-order valence-electron chi connectivity index (χ1n) is 6.10. The van der Waals surface area contributed by atoms with E-state index in [1.54, 1.807) is 0 Å². The van der Waals surface area contributed by atoms with Crippen LogP contribution in [-0.4, -0.2) is 11.7 Å². The highest BCUT2D eigenvalue weighted by Crippen LogP contribution is 2.21. The van der Waals surface area contributed by atoms with E-state index in [1.807, 2.05) is 12.1 Å². The van der Waals surface area contributed by atoms with Crippen molar-refractivity contribution < 1.29 is 4.79 Å². The standard InChI is InChI=1S/C15H21ClO/c1-15(2,3)11-12-6-8-13(9-7-12)14(17)5-4-10-16/h6-9H,4-5,10-11H2,1-3H3. The van der Waals surface area contributed by atoms with Crippen molar-refractivity contribution in [1.29, 1.82) is 0 Å². The second kappa shape index (κ2) is 6.20. The topological polar surface area (TPSA) is 17.1 Å². The summed E-state index contributed by atoms with van der Waals surface area (Å²) in [5, 5.41) is 0. The zero-order valence-corrected chi connectivity index (χ0v) is 11.7. The first-order valence-corrected chi connectivity index (χ1v) is 6.64. The molecule has 1 aromatic rings. The fourth-order valence-corrected chi connectivity index (χ4v) is 1.93. The third kappa shape index (κ3) is 5.36. The predicted octanol–water partition coefficient (Wildman–Crippen LogP) is 4.48. The molecule has 0 saturated heterocycles. The van der Waals surface area contributed by atoms with Gasteiger partial charge in [-0.2, -0.15) is 0 Å². The summed E-state index contributed by atoms with van der Waals surface area (Å²) in [5.74, 6) is 0.737. The summed E-state index contributed by atoms with van der Waals surface area (Å²) in [5.41, 5.74) is 2.36. The minimum atomic E-state index is 0.188. The minimum Gasteiger partial charge on any atom is -0.294 e. The van der Waals surface area contributed by atoms with Gasteiger partial charge in [0.15, 0.2) is 5.78 Å². The predicted molar refractivity (Wildman–Crippen MR) is 73.9 cm³/mol. The number of carbonyl (C=O) groups is 1. The molecular formula is C15H21ClO. The smallest absolute Gasteiger partial charge is 0.162 e. The Labute approximate surface area is 109 Å². The lowest BCUT2D eigenvalue weighted by atomic mass is 9.88. The quantitative estimate of drug-likeness (QED) is 0.558. The van der Waals surface area contributed by atoms with Gasteiger partial charge in [0.05, 0.1) is 0 Å². The number of carbonyl (C=O) groups excluding carboxylic acids is 1. The van der Waals surface area contributed by atoms with Crippen molar-refractivity contribution >= 4 is 17.4 Å². The molecule has 0 amide bonds. The van der Waals surface area contributed by atoms with E-state index in [1.165, 1.54) is 5.56 Å². The summed E-state index contributed by atoms with van der Waals surface area (Å²) in [6.45, 7) is 6.64. The molecule has 0 bridgehead atoms. The molecule has 17 heavy (non-hydrogen) atoms. The summed E-state index contributed by atoms with van der Waals surface area (Å²) in [4.78, 5) is 11.7. The minimum absolute atomic E-state index is 0.188. The Hall–Kier alpha value is -0.820. The van der Waals surface area contributed by atoms with Gasteiger partial charge in [-0.05, 0) is 23.8 Å². The van der Waals surface area contributed by atoms with Crippen LogP contribution in [0.2, 0.25) is 0 Å². The molecule has 0 aliphatic heterocycles. The van der Waals surface area contributed by atoms with Gasteiger partial charge < -0.3 is 0 Å². The third-order valence-electron chi connectivity index (χ3n) is 2.55. The van der Waals surface area contributed by atoms with Gasteiger partial charge in [-0.15, -0.1) is 11.6 Å². The molecule has 94 valence electrons. The molecule has 0 aliphatic carbocycles. The maximum absolute atomic E-state index is 11.7. The number of alkyl halides is 1. The van der Waals surface area contributed by atoms with E-state index in [-0.39, 0.29) is 11.2 Å². The Morgan fingerprint density at radius 2 is 1.76 bits per heavy atom. The number of hydrogen-bond donors (Lipinski definition) is 0. The van der Waals surface area contributed by atoms with Gasteiger partial charge >= 0.3 is 0 Å². The van der Waals surface area contributed by atoms with Gasteiger partial charge in [-0.1, -0.05) is 45.0 Å². The van der Waals surface area contributed by atoms with Gasteiger partial charge in [0.1, 0.15) is 0 Å².